The molecule has 0 spiro atoms. The number of aromatic nitrogens is 2. The molecule has 0 radical (unpaired) electrons. The van der Waals surface area contributed by atoms with Gasteiger partial charge in [-0.1, -0.05) is 6.07 Å². The lowest BCUT2D eigenvalue weighted by Gasteiger charge is -2.18. The summed E-state index contributed by atoms with van der Waals surface area (Å²) in [5, 5.41) is 14.8. The van der Waals surface area contributed by atoms with Crippen molar-refractivity contribution in [2.24, 2.45) is 0 Å². The predicted molar refractivity (Wildman–Crippen MR) is 123 cm³/mol. The summed E-state index contributed by atoms with van der Waals surface area (Å²) in [5.41, 5.74) is 3.14. The van der Waals surface area contributed by atoms with Gasteiger partial charge >= 0.3 is 12.0 Å². The maximum Gasteiger partial charge on any atom is 0.335 e. The van der Waals surface area contributed by atoms with E-state index in [2.05, 4.69) is 20.6 Å². The lowest BCUT2D eigenvalue weighted by molar-refractivity contribution is 0.0696. The molecule has 4 rings (SSSR count). The van der Waals surface area contributed by atoms with Gasteiger partial charge < -0.3 is 30.4 Å². The topological polar surface area (TPSA) is 137 Å². The van der Waals surface area contributed by atoms with E-state index in [0.29, 0.717) is 49.7 Å². The number of imidazole rings is 1. The molecule has 0 saturated carbocycles. The minimum absolute atomic E-state index is 0.140. The number of carbonyl (C=O) groups excluding carboxylic acids is 2. The van der Waals surface area contributed by atoms with Crippen LogP contribution in [0.25, 0.3) is 0 Å². The van der Waals surface area contributed by atoms with E-state index in [1.807, 2.05) is 6.92 Å². The molecular formula is C24H25N5O5. The molecule has 34 heavy (non-hydrogen) atoms. The van der Waals surface area contributed by atoms with Gasteiger partial charge in [-0.3, -0.25) is 4.79 Å². The van der Waals surface area contributed by atoms with Crippen LogP contribution in [0.15, 0.2) is 48.8 Å². The van der Waals surface area contributed by atoms with Crippen molar-refractivity contribution in [1.29, 1.82) is 0 Å². The molecule has 1 aromatic heterocycles. The largest absolute Gasteiger partial charge is 0.478 e. The Labute approximate surface area is 196 Å². The van der Waals surface area contributed by atoms with E-state index in [1.165, 1.54) is 12.1 Å². The second-order valence-electron chi connectivity index (χ2n) is 7.89. The molecule has 4 N–H and O–H groups in total. The Morgan fingerprint density at radius 2 is 1.94 bits per heavy atom. The zero-order valence-corrected chi connectivity index (χ0v) is 18.6. The molecule has 3 amide bonds. The van der Waals surface area contributed by atoms with Crippen molar-refractivity contribution in [3.63, 3.8) is 0 Å². The summed E-state index contributed by atoms with van der Waals surface area (Å²) < 4.78 is 6.01. The third-order valence-electron chi connectivity index (χ3n) is 5.55. The highest BCUT2D eigenvalue weighted by atomic mass is 16.5. The standard InChI is InChI=1S/C24H25N5O5/c1-15-20(28-14-27-15)8-9-25-22(30)17-2-3-18(13-29-11-10-26-24(29)33)21(12-17)34-19-6-4-16(5-7-19)23(31)32/h2-7,12,14H,8-11,13H2,1H3,(H,25,30)(H,26,33)(H,27,28)(H,31,32). The molecule has 0 bridgehead atoms. The van der Waals surface area contributed by atoms with Crippen LogP contribution in [0, 0.1) is 6.92 Å². The number of nitrogens with one attached hydrogen (secondary N) is 3. The minimum Gasteiger partial charge on any atom is -0.478 e. The van der Waals surface area contributed by atoms with Gasteiger partial charge in [-0.05, 0) is 43.3 Å². The number of hydrogen-bond donors (Lipinski definition) is 4. The van der Waals surface area contributed by atoms with E-state index in [0.717, 1.165) is 17.0 Å². The van der Waals surface area contributed by atoms with Crippen molar-refractivity contribution in [1.82, 2.24) is 25.5 Å². The Morgan fingerprint density at radius 3 is 2.59 bits per heavy atom. The van der Waals surface area contributed by atoms with Gasteiger partial charge in [-0.15, -0.1) is 0 Å². The molecule has 1 aliphatic rings. The van der Waals surface area contributed by atoms with E-state index in [4.69, 9.17) is 9.84 Å². The van der Waals surface area contributed by atoms with Crippen molar-refractivity contribution >= 4 is 17.9 Å². The second kappa shape index (κ2) is 10.1. The fraction of sp³-hybridized carbons (Fsp3) is 0.250. The molecule has 0 unspecified atom stereocenters. The summed E-state index contributed by atoms with van der Waals surface area (Å²) in [5.74, 6) is -0.456. The number of aromatic carboxylic acids is 1. The number of hydrogen-bond acceptors (Lipinski definition) is 5. The first-order valence-corrected chi connectivity index (χ1v) is 10.8. The van der Waals surface area contributed by atoms with E-state index in [1.54, 1.807) is 41.6 Å². The van der Waals surface area contributed by atoms with Gasteiger partial charge in [0.05, 0.1) is 24.1 Å². The quantitative estimate of drug-likeness (QED) is 0.385. The average molecular weight is 463 g/mol. The molecule has 10 heteroatoms. The van der Waals surface area contributed by atoms with Crippen molar-refractivity contribution in [2.75, 3.05) is 19.6 Å². The van der Waals surface area contributed by atoms with Crippen LogP contribution in [0.3, 0.4) is 0 Å². The molecule has 1 aliphatic heterocycles. The van der Waals surface area contributed by atoms with Gasteiger partial charge in [0.15, 0.2) is 0 Å². The highest BCUT2D eigenvalue weighted by molar-refractivity contribution is 5.94. The molecule has 0 aliphatic carbocycles. The first-order valence-electron chi connectivity index (χ1n) is 10.8. The highest BCUT2D eigenvalue weighted by Crippen LogP contribution is 2.28. The Hall–Kier alpha value is -4.34. The van der Waals surface area contributed by atoms with Crippen molar-refractivity contribution in [2.45, 2.75) is 19.9 Å². The maximum atomic E-state index is 12.8. The summed E-state index contributed by atoms with van der Waals surface area (Å²) >= 11 is 0. The van der Waals surface area contributed by atoms with Crippen molar-refractivity contribution in [3.05, 3.63) is 76.9 Å². The SMILES string of the molecule is Cc1[nH]cnc1CCNC(=O)c1ccc(CN2CCNC2=O)c(Oc2ccc(C(=O)O)cc2)c1. The predicted octanol–water partition coefficient (Wildman–Crippen LogP) is 2.71. The number of amides is 3. The summed E-state index contributed by atoms with van der Waals surface area (Å²) in [6.45, 7) is 3.81. The second-order valence-corrected chi connectivity index (χ2v) is 7.89. The first-order chi connectivity index (χ1) is 16.4. The van der Waals surface area contributed by atoms with Gasteiger partial charge in [0.2, 0.25) is 0 Å². The van der Waals surface area contributed by atoms with Gasteiger partial charge in [0, 0.05) is 42.9 Å². The van der Waals surface area contributed by atoms with E-state index < -0.39 is 5.97 Å². The molecule has 1 saturated heterocycles. The van der Waals surface area contributed by atoms with Crippen LogP contribution in [-0.4, -0.2) is 57.5 Å². The summed E-state index contributed by atoms with van der Waals surface area (Å²) in [7, 11) is 0. The van der Waals surface area contributed by atoms with Crippen LogP contribution in [0.4, 0.5) is 4.79 Å². The number of aryl methyl sites for hydroxylation is 1. The van der Waals surface area contributed by atoms with Gasteiger partial charge in [-0.25, -0.2) is 14.6 Å². The highest BCUT2D eigenvalue weighted by Gasteiger charge is 2.22. The van der Waals surface area contributed by atoms with Crippen LogP contribution in [-0.2, 0) is 13.0 Å². The molecule has 10 nitrogen and oxygen atoms in total. The average Bonchev–Trinajstić information content (AvgIpc) is 3.42. The number of urea groups is 1. The third-order valence-corrected chi connectivity index (χ3v) is 5.55. The van der Waals surface area contributed by atoms with E-state index >= 15 is 0 Å². The van der Waals surface area contributed by atoms with Crippen molar-refractivity contribution in [3.8, 4) is 11.5 Å². The lowest BCUT2D eigenvalue weighted by atomic mass is 10.1. The Kier molecular flexibility index (Phi) is 6.77. The third kappa shape index (κ3) is 5.34. The van der Waals surface area contributed by atoms with E-state index in [9.17, 15) is 14.4 Å². The summed E-state index contributed by atoms with van der Waals surface area (Å²) in [4.78, 5) is 44.8. The molecule has 1 fully saturated rings. The number of carbonyl (C=O) groups is 3. The molecule has 176 valence electrons. The molecule has 2 aromatic carbocycles. The number of aromatic amines is 1. The zero-order chi connectivity index (χ0) is 24.1. The molecule has 2 heterocycles. The Bertz CT molecular complexity index is 1200. The number of benzene rings is 2. The minimum atomic E-state index is -1.03. The van der Waals surface area contributed by atoms with Crippen LogP contribution < -0.4 is 15.4 Å². The van der Waals surface area contributed by atoms with Gasteiger partial charge in [-0.2, -0.15) is 0 Å². The van der Waals surface area contributed by atoms with Crippen LogP contribution in [0.1, 0.15) is 37.7 Å². The number of carboxylic acids is 1. The summed E-state index contributed by atoms with van der Waals surface area (Å²) in [6.07, 6.45) is 2.22. The first kappa shape index (κ1) is 22.8. The lowest BCUT2D eigenvalue weighted by Crippen LogP contribution is -2.28. The fourth-order valence-corrected chi connectivity index (χ4v) is 3.62. The molecular weight excluding hydrogens is 438 g/mol. The monoisotopic (exact) mass is 463 g/mol. The normalized spacial score (nSPS) is 13.0. The fourth-order valence-electron chi connectivity index (χ4n) is 3.62. The number of nitrogens with zero attached hydrogens (tertiary/aromatic N) is 2. The van der Waals surface area contributed by atoms with Crippen LogP contribution in [0.5, 0.6) is 11.5 Å². The zero-order valence-electron chi connectivity index (χ0n) is 18.6. The molecule has 3 aromatic rings. The van der Waals surface area contributed by atoms with E-state index in [-0.39, 0.29) is 17.5 Å². The smallest absolute Gasteiger partial charge is 0.335 e. The van der Waals surface area contributed by atoms with Gasteiger partial charge in [0.1, 0.15) is 11.5 Å². The van der Waals surface area contributed by atoms with Crippen LogP contribution >= 0.6 is 0 Å². The maximum absolute atomic E-state index is 12.8. The van der Waals surface area contributed by atoms with Crippen molar-refractivity contribution < 1.29 is 24.2 Å². The number of ether oxygens (including phenoxy) is 1. The number of rotatable bonds is 9. The Morgan fingerprint density at radius 1 is 1.18 bits per heavy atom. The number of H-pyrrole nitrogens is 1. The summed E-state index contributed by atoms with van der Waals surface area (Å²) in [6, 6.07) is 10.9. The number of carboxylic acid groups (broad SMARTS) is 1. The van der Waals surface area contributed by atoms with Gasteiger partial charge in [0.25, 0.3) is 5.91 Å². The van der Waals surface area contributed by atoms with Crippen LogP contribution in [0.2, 0.25) is 0 Å². The molecule has 0 atom stereocenters. The Balaban J connectivity index is 1.52.